The number of amides is 1. The molecule has 0 aliphatic heterocycles. The molecule has 5 aromatic rings. The highest BCUT2D eigenvalue weighted by atomic mass is 16.1. The maximum Gasteiger partial charge on any atom is 0.259 e. The second-order valence-electron chi connectivity index (χ2n) is 7.26. The maximum atomic E-state index is 13.0. The van der Waals surface area contributed by atoms with Crippen LogP contribution in [0.4, 0.5) is 5.69 Å². The number of anilines is 1. The quantitative estimate of drug-likeness (QED) is 0.476. The highest BCUT2D eigenvalue weighted by Gasteiger charge is 2.19. The summed E-state index contributed by atoms with van der Waals surface area (Å²) in [5, 5.41) is 7.48. The summed E-state index contributed by atoms with van der Waals surface area (Å²) in [4.78, 5) is 21.9. The van der Waals surface area contributed by atoms with Gasteiger partial charge in [-0.25, -0.2) is 14.6 Å². The van der Waals surface area contributed by atoms with E-state index in [0.717, 1.165) is 28.2 Å². The third kappa shape index (κ3) is 3.36. The lowest BCUT2D eigenvalue weighted by molar-refractivity contribution is 0.102. The van der Waals surface area contributed by atoms with Crippen LogP contribution in [0.5, 0.6) is 0 Å². The standard InChI is InChI=1S/C24H20N6O/c1-16-23(17(2)30(28-16)19-8-4-3-5-9-19)24(31)27-18-12-13-22(25-14-18)29-15-26-20-10-6-7-11-21(20)29/h3-15H,1-2H3,(H,27,31). The fourth-order valence-corrected chi connectivity index (χ4v) is 3.73. The van der Waals surface area contributed by atoms with Crippen LogP contribution in [0.15, 0.2) is 79.3 Å². The average Bonchev–Trinajstić information content (AvgIpc) is 3.35. The topological polar surface area (TPSA) is 77.6 Å². The summed E-state index contributed by atoms with van der Waals surface area (Å²) in [5.74, 6) is 0.524. The predicted octanol–water partition coefficient (Wildman–Crippen LogP) is 4.48. The van der Waals surface area contributed by atoms with Gasteiger partial charge in [0, 0.05) is 0 Å². The second-order valence-corrected chi connectivity index (χ2v) is 7.26. The van der Waals surface area contributed by atoms with Gasteiger partial charge >= 0.3 is 0 Å². The van der Waals surface area contributed by atoms with Crippen LogP contribution in [0.3, 0.4) is 0 Å². The van der Waals surface area contributed by atoms with E-state index >= 15 is 0 Å². The third-order valence-corrected chi connectivity index (χ3v) is 5.23. The van der Waals surface area contributed by atoms with Gasteiger partial charge in [-0.3, -0.25) is 9.36 Å². The summed E-state index contributed by atoms with van der Waals surface area (Å²) >= 11 is 0. The first-order chi connectivity index (χ1) is 15.1. The van der Waals surface area contributed by atoms with Crippen molar-refractivity contribution in [2.24, 2.45) is 0 Å². The molecule has 5 rings (SSSR count). The van der Waals surface area contributed by atoms with Crippen LogP contribution in [0, 0.1) is 13.8 Å². The average molecular weight is 408 g/mol. The van der Waals surface area contributed by atoms with Crippen LogP contribution in [-0.2, 0) is 0 Å². The van der Waals surface area contributed by atoms with Crippen LogP contribution in [0.25, 0.3) is 22.5 Å². The van der Waals surface area contributed by atoms with Crippen molar-refractivity contribution in [2.45, 2.75) is 13.8 Å². The molecule has 0 aliphatic rings. The van der Waals surface area contributed by atoms with E-state index in [1.807, 2.05) is 85.1 Å². The molecule has 0 bridgehead atoms. The fourth-order valence-electron chi connectivity index (χ4n) is 3.73. The summed E-state index contributed by atoms with van der Waals surface area (Å²) in [6, 6.07) is 21.3. The number of imidazole rings is 1. The van der Waals surface area contributed by atoms with Crippen LogP contribution < -0.4 is 5.32 Å². The Labute approximate surface area is 179 Å². The number of para-hydroxylation sites is 3. The molecule has 1 amide bonds. The first-order valence-electron chi connectivity index (χ1n) is 9.93. The second kappa shape index (κ2) is 7.53. The van der Waals surface area contributed by atoms with Crippen molar-refractivity contribution in [3.8, 4) is 11.5 Å². The monoisotopic (exact) mass is 408 g/mol. The summed E-state index contributed by atoms with van der Waals surface area (Å²) in [6.45, 7) is 3.74. The Balaban J connectivity index is 1.40. The molecule has 2 aromatic carbocycles. The van der Waals surface area contributed by atoms with E-state index in [9.17, 15) is 4.79 Å². The van der Waals surface area contributed by atoms with Gasteiger partial charge < -0.3 is 5.32 Å². The predicted molar refractivity (Wildman–Crippen MR) is 120 cm³/mol. The molecule has 7 nitrogen and oxygen atoms in total. The van der Waals surface area contributed by atoms with Crippen molar-refractivity contribution >= 4 is 22.6 Å². The van der Waals surface area contributed by atoms with Gasteiger partial charge in [0.2, 0.25) is 0 Å². The Morgan fingerprint density at radius 3 is 2.45 bits per heavy atom. The minimum absolute atomic E-state index is 0.209. The number of rotatable bonds is 4. The Kier molecular flexibility index (Phi) is 4.55. The minimum atomic E-state index is -0.209. The number of nitrogens with zero attached hydrogens (tertiary/aromatic N) is 5. The molecule has 7 heteroatoms. The van der Waals surface area contributed by atoms with E-state index in [0.29, 0.717) is 16.9 Å². The Bertz CT molecular complexity index is 1380. The van der Waals surface area contributed by atoms with Crippen molar-refractivity contribution in [1.82, 2.24) is 24.3 Å². The SMILES string of the molecule is Cc1nn(-c2ccccc2)c(C)c1C(=O)Nc1ccc(-n2cnc3ccccc32)nc1. The maximum absolute atomic E-state index is 13.0. The smallest absolute Gasteiger partial charge is 0.259 e. The number of aromatic nitrogens is 5. The summed E-state index contributed by atoms with van der Waals surface area (Å²) in [7, 11) is 0. The molecule has 1 N–H and O–H groups in total. The molecular formula is C24H20N6O. The molecule has 0 saturated carbocycles. The molecule has 0 atom stereocenters. The van der Waals surface area contributed by atoms with Crippen LogP contribution in [0.1, 0.15) is 21.7 Å². The number of aryl methyl sites for hydroxylation is 1. The number of carbonyl (C=O) groups excluding carboxylic acids is 1. The highest BCUT2D eigenvalue weighted by Crippen LogP contribution is 2.21. The first kappa shape index (κ1) is 18.7. The Morgan fingerprint density at radius 1 is 0.903 bits per heavy atom. The molecule has 0 radical (unpaired) electrons. The Hall–Kier alpha value is -4.26. The molecule has 3 aromatic heterocycles. The van der Waals surface area contributed by atoms with Crippen LogP contribution in [0.2, 0.25) is 0 Å². The number of hydrogen-bond donors (Lipinski definition) is 1. The molecule has 0 fully saturated rings. The number of fused-ring (bicyclic) bond motifs is 1. The molecule has 0 unspecified atom stereocenters. The number of benzene rings is 2. The molecular weight excluding hydrogens is 388 g/mol. The van der Waals surface area contributed by atoms with Crippen LogP contribution >= 0.6 is 0 Å². The van der Waals surface area contributed by atoms with Crippen molar-refractivity contribution in [1.29, 1.82) is 0 Å². The molecule has 0 aliphatic carbocycles. The van der Waals surface area contributed by atoms with E-state index in [4.69, 9.17) is 0 Å². The summed E-state index contributed by atoms with van der Waals surface area (Å²) in [6.07, 6.45) is 3.39. The Morgan fingerprint density at radius 2 is 1.68 bits per heavy atom. The van der Waals surface area contributed by atoms with Gasteiger partial charge in [-0.15, -0.1) is 0 Å². The van der Waals surface area contributed by atoms with Gasteiger partial charge in [0.15, 0.2) is 0 Å². The highest BCUT2D eigenvalue weighted by molar-refractivity contribution is 6.05. The number of pyridine rings is 1. The normalized spacial score (nSPS) is 11.0. The molecule has 152 valence electrons. The lowest BCUT2D eigenvalue weighted by Gasteiger charge is -2.08. The van der Waals surface area contributed by atoms with Crippen molar-refractivity contribution in [2.75, 3.05) is 5.32 Å². The number of carbonyl (C=O) groups is 1. The number of hydrogen-bond acceptors (Lipinski definition) is 4. The zero-order valence-electron chi connectivity index (χ0n) is 17.1. The number of nitrogens with one attached hydrogen (secondary N) is 1. The largest absolute Gasteiger partial charge is 0.320 e. The summed E-state index contributed by atoms with van der Waals surface area (Å²) in [5.41, 5.74) is 5.44. The summed E-state index contributed by atoms with van der Waals surface area (Å²) < 4.78 is 3.70. The van der Waals surface area contributed by atoms with E-state index < -0.39 is 0 Å². The van der Waals surface area contributed by atoms with Crippen molar-refractivity contribution in [3.63, 3.8) is 0 Å². The lowest BCUT2D eigenvalue weighted by Crippen LogP contribution is -2.14. The van der Waals surface area contributed by atoms with Gasteiger partial charge in [-0.05, 0) is 50.2 Å². The van der Waals surface area contributed by atoms with Crippen LogP contribution in [-0.4, -0.2) is 30.2 Å². The van der Waals surface area contributed by atoms with Gasteiger partial charge in [-0.1, -0.05) is 30.3 Å². The molecule has 0 saturated heterocycles. The van der Waals surface area contributed by atoms with E-state index in [1.54, 1.807) is 17.2 Å². The van der Waals surface area contributed by atoms with E-state index in [-0.39, 0.29) is 5.91 Å². The van der Waals surface area contributed by atoms with Gasteiger partial charge in [0.1, 0.15) is 12.1 Å². The molecule has 3 heterocycles. The first-order valence-corrected chi connectivity index (χ1v) is 9.93. The van der Waals surface area contributed by atoms with Crippen molar-refractivity contribution in [3.05, 3.63) is 96.2 Å². The molecule has 31 heavy (non-hydrogen) atoms. The van der Waals surface area contributed by atoms with Gasteiger partial charge in [-0.2, -0.15) is 5.10 Å². The lowest BCUT2D eigenvalue weighted by atomic mass is 10.2. The third-order valence-electron chi connectivity index (χ3n) is 5.23. The van der Waals surface area contributed by atoms with E-state index in [1.165, 1.54) is 0 Å². The zero-order chi connectivity index (χ0) is 21.4. The minimum Gasteiger partial charge on any atom is -0.320 e. The zero-order valence-corrected chi connectivity index (χ0v) is 17.1. The molecule has 0 spiro atoms. The van der Waals surface area contributed by atoms with Gasteiger partial charge in [0.25, 0.3) is 5.91 Å². The fraction of sp³-hybridized carbons (Fsp3) is 0.0833. The van der Waals surface area contributed by atoms with Crippen molar-refractivity contribution < 1.29 is 4.79 Å². The van der Waals surface area contributed by atoms with Gasteiger partial charge in [0.05, 0.1) is 45.6 Å². The van der Waals surface area contributed by atoms with E-state index in [2.05, 4.69) is 20.4 Å².